The Balaban J connectivity index is 1.53. The van der Waals surface area contributed by atoms with E-state index in [4.69, 9.17) is 34.3 Å². The number of ether oxygens (including phenoxy) is 3. The minimum Gasteiger partial charge on any atom is -0.497 e. The van der Waals surface area contributed by atoms with E-state index in [1.54, 1.807) is 38.5 Å². The van der Waals surface area contributed by atoms with E-state index >= 15 is 0 Å². The van der Waals surface area contributed by atoms with Crippen LogP contribution in [0.4, 0.5) is 5.82 Å². The Kier molecular flexibility index (Phi) is 10.1. The molecule has 6 rings (SSSR count). The van der Waals surface area contributed by atoms with Gasteiger partial charge in [-0.2, -0.15) is 5.26 Å². The number of aliphatic hydroxyl groups is 2. The Hall–Kier alpha value is -5.00. The number of hydrogen-bond donors (Lipinski definition) is 3. The van der Waals surface area contributed by atoms with E-state index in [2.05, 4.69) is 15.0 Å². The number of aliphatic hydroxyl groups excluding tert-OH is 2. The zero-order valence-electron chi connectivity index (χ0n) is 26.6. The molecule has 1 saturated heterocycles. The van der Waals surface area contributed by atoms with E-state index in [0.717, 1.165) is 0 Å². The summed E-state index contributed by atoms with van der Waals surface area (Å²) in [6.07, 6.45) is -4.42. The highest BCUT2D eigenvalue weighted by molar-refractivity contribution is 7.33. The molecule has 5 aromatic rings. The lowest BCUT2D eigenvalue weighted by molar-refractivity contribution is -0.0950. The first kappa shape index (κ1) is 33.9. The van der Waals surface area contributed by atoms with E-state index in [1.807, 2.05) is 60.7 Å². The molecule has 252 valence electrons. The average molecular weight is 686 g/mol. The molecule has 0 amide bonds. The van der Waals surface area contributed by atoms with Crippen molar-refractivity contribution in [1.82, 2.24) is 19.5 Å². The van der Waals surface area contributed by atoms with Crippen LogP contribution >= 0.6 is 8.25 Å². The van der Waals surface area contributed by atoms with Crippen LogP contribution in [-0.2, 0) is 23.8 Å². The van der Waals surface area contributed by atoms with Crippen LogP contribution in [0.5, 0.6) is 11.5 Å². The molecule has 1 aliphatic rings. The van der Waals surface area contributed by atoms with Crippen molar-refractivity contribution in [3.05, 3.63) is 108 Å². The van der Waals surface area contributed by atoms with Gasteiger partial charge in [0.2, 0.25) is 0 Å². The summed E-state index contributed by atoms with van der Waals surface area (Å²) in [5.74, 6) is 1.32. The number of nitriles is 1. The number of hydrogen-bond acceptors (Lipinski definition) is 13. The first-order valence-corrected chi connectivity index (χ1v) is 16.4. The standard InChI is InChI=1S/C34H34N6O8P/c1-44-24-13-9-22(10-14-24)34(21-7-4-3-5-8-21,23-11-15-25(45-2)16-12-23)30(42)29-28(48-49(43)46-18-6-17-35)27(41)33(47-29)40-20-39-26-31(36)37-19-38-32(26)40/h3-5,7-16,19-20,27-30,33,41-42H,6,18H2,1-2H3,(H2,36,37,38)/q+1/t27-,28+,29+,30?,33-/m1/s1. The molecule has 3 heterocycles. The van der Waals surface area contributed by atoms with Crippen LogP contribution in [0.25, 0.3) is 11.2 Å². The maximum atomic E-state index is 13.1. The summed E-state index contributed by atoms with van der Waals surface area (Å²) >= 11 is 0. The van der Waals surface area contributed by atoms with Gasteiger partial charge < -0.3 is 30.2 Å². The SMILES string of the molecule is COc1ccc(C(c2ccccc2)(c2ccc(OC)cc2)C(O)[C@H]2O[C@@H](n3cnc4c(N)ncnc43)[C@H](O)[C@@H]2O[P+](=O)OCCC#N)cc1. The number of nitrogens with zero attached hydrogens (tertiary/aromatic N) is 5. The van der Waals surface area contributed by atoms with Gasteiger partial charge in [-0.1, -0.05) is 54.6 Å². The predicted octanol–water partition coefficient (Wildman–Crippen LogP) is 4.05. The number of imidazole rings is 1. The van der Waals surface area contributed by atoms with Crippen LogP contribution in [0, 0.1) is 11.3 Å². The highest BCUT2D eigenvalue weighted by Gasteiger charge is 2.59. The van der Waals surface area contributed by atoms with Crippen LogP contribution in [0.1, 0.15) is 29.3 Å². The van der Waals surface area contributed by atoms with Gasteiger partial charge in [0.15, 0.2) is 23.8 Å². The lowest BCUT2D eigenvalue weighted by Crippen LogP contribution is -2.52. The number of nitrogens with two attached hydrogens (primary N) is 1. The summed E-state index contributed by atoms with van der Waals surface area (Å²) in [5.41, 5.74) is 7.18. The lowest BCUT2D eigenvalue weighted by atomic mass is 9.64. The largest absolute Gasteiger partial charge is 0.697 e. The predicted molar refractivity (Wildman–Crippen MR) is 177 cm³/mol. The van der Waals surface area contributed by atoms with Gasteiger partial charge in [0.1, 0.15) is 48.3 Å². The summed E-state index contributed by atoms with van der Waals surface area (Å²) in [6, 6.07) is 25.7. The molecule has 0 bridgehead atoms. The molecule has 0 aliphatic carbocycles. The second-order valence-electron chi connectivity index (χ2n) is 11.2. The molecule has 15 heteroatoms. The van der Waals surface area contributed by atoms with Gasteiger partial charge in [-0.15, -0.1) is 9.05 Å². The van der Waals surface area contributed by atoms with Gasteiger partial charge in [-0.25, -0.2) is 15.0 Å². The fourth-order valence-electron chi connectivity index (χ4n) is 6.30. The Morgan fingerprint density at radius 2 is 1.59 bits per heavy atom. The molecule has 49 heavy (non-hydrogen) atoms. The quantitative estimate of drug-likeness (QED) is 0.0913. The Morgan fingerprint density at radius 3 is 2.18 bits per heavy atom. The number of rotatable bonds is 13. The fourth-order valence-corrected chi connectivity index (χ4v) is 7.05. The molecule has 4 N–H and O–H groups in total. The first-order valence-electron chi connectivity index (χ1n) is 15.3. The Labute approximate surface area is 282 Å². The second kappa shape index (κ2) is 14.6. The van der Waals surface area contributed by atoms with E-state index in [1.165, 1.54) is 17.2 Å². The topological polar surface area (TPSA) is 197 Å². The third-order valence-electron chi connectivity index (χ3n) is 8.60. The van der Waals surface area contributed by atoms with Gasteiger partial charge in [0, 0.05) is 4.57 Å². The normalized spacial score (nSPS) is 20.1. The summed E-state index contributed by atoms with van der Waals surface area (Å²) in [6.45, 7) is -0.167. The second-order valence-corrected chi connectivity index (χ2v) is 12.1. The number of anilines is 1. The monoisotopic (exact) mass is 685 g/mol. The number of aromatic nitrogens is 4. The van der Waals surface area contributed by atoms with Gasteiger partial charge in [0.25, 0.3) is 0 Å². The zero-order valence-corrected chi connectivity index (χ0v) is 27.5. The lowest BCUT2D eigenvalue weighted by Gasteiger charge is -2.42. The number of fused-ring (bicyclic) bond motifs is 1. The van der Waals surface area contributed by atoms with Crippen molar-refractivity contribution < 1.29 is 38.0 Å². The molecule has 2 aromatic heterocycles. The molecule has 0 radical (unpaired) electrons. The zero-order chi connectivity index (χ0) is 34.5. The van der Waals surface area contributed by atoms with Crippen LogP contribution in [0.3, 0.4) is 0 Å². The molecule has 3 aromatic carbocycles. The number of benzene rings is 3. The molecular formula is C34H34N6O8P+. The summed E-state index contributed by atoms with van der Waals surface area (Å²) in [5, 5.41) is 33.7. The first-order chi connectivity index (χ1) is 23.8. The van der Waals surface area contributed by atoms with Gasteiger partial charge in [-0.3, -0.25) is 4.57 Å². The molecule has 0 saturated carbocycles. The molecule has 1 aliphatic heterocycles. The maximum absolute atomic E-state index is 13.1. The maximum Gasteiger partial charge on any atom is 0.697 e. The van der Waals surface area contributed by atoms with E-state index in [-0.39, 0.29) is 30.0 Å². The van der Waals surface area contributed by atoms with E-state index < -0.39 is 44.3 Å². The molecular weight excluding hydrogens is 651 g/mol. The van der Waals surface area contributed by atoms with E-state index in [0.29, 0.717) is 28.2 Å². The molecule has 1 fully saturated rings. The summed E-state index contributed by atoms with van der Waals surface area (Å²) in [4.78, 5) is 12.6. The highest BCUT2D eigenvalue weighted by atomic mass is 31.1. The number of methoxy groups -OCH3 is 2. The van der Waals surface area contributed by atoms with Crippen molar-refractivity contribution in [3.63, 3.8) is 0 Å². The van der Waals surface area contributed by atoms with Gasteiger partial charge in [0.05, 0.1) is 38.5 Å². The average Bonchev–Trinajstić information content (AvgIpc) is 3.71. The molecule has 2 unspecified atom stereocenters. The van der Waals surface area contributed by atoms with Crippen LogP contribution in [0.15, 0.2) is 91.5 Å². The minimum absolute atomic E-state index is 0.0307. The van der Waals surface area contributed by atoms with Crippen LogP contribution in [0.2, 0.25) is 0 Å². The Morgan fingerprint density at radius 1 is 0.980 bits per heavy atom. The summed E-state index contributed by atoms with van der Waals surface area (Å²) < 4.78 is 43.1. The fraction of sp³-hybridized carbons (Fsp3) is 0.294. The van der Waals surface area contributed by atoms with Crippen LogP contribution < -0.4 is 15.2 Å². The van der Waals surface area contributed by atoms with Crippen LogP contribution in [-0.4, -0.2) is 75.0 Å². The molecule has 6 atom stereocenters. The Bertz CT molecular complexity index is 1890. The van der Waals surface area contributed by atoms with Crippen molar-refractivity contribution in [2.75, 3.05) is 26.6 Å². The summed E-state index contributed by atoms with van der Waals surface area (Å²) in [7, 11) is 0.258. The van der Waals surface area contributed by atoms with E-state index in [9.17, 15) is 14.8 Å². The minimum atomic E-state index is -2.87. The van der Waals surface area contributed by atoms with Crippen molar-refractivity contribution in [3.8, 4) is 17.6 Å². The third kappa shape index (κ3) is 6.31. The van der Waals surface area contributed by atoms with Crippen molar-refractivity contribution in [1.29, 1.82) is 5.26 Å². The smallest absolute Gasteiger partial charge is 0.497 e. The third-order valence-corrected chi connectivity index (χ3v) is 9.41. The number of nitrogen functional groups attached to an aromatic ring is 1. The van der Waals surface area contributed by atoms with Gasteiger partial charge >= 0.3 is 8.25 Å². The molecule has 14 nitrogen and oxygen atoms in total. The van der Waals surface area contributed by atoms with Gasteiger partial charge in [-0.05, 0) is 41.0 Å². The van der Waals surface area contributed by atoms with Crippen molar-refractivity contribution in [2.45, 2.75) is 42.5 Å². The molecule has 0 spiro atoms. The van der Waals surface area contributed by atoms with Crippen molar-refractivity contribution in [2.24, 2.45) is 0 Å². The van der Waals surface area contributed by atoms with Crippen molar-refractivity contribution >= 4 is 25.2 Å². The highest BCUT2D eigenvalue weighted by Crippen LogP contribution is 2.49.